The van der Waals surface area contributed by atoms with Crippen LogP contribution in [0.3, 0.4) is 0 Å². The minimum absolute atomic E-state index is 0.0181. The van der Waals surface area contributed by atoms with E-state index in [-0.39, 0.29) is 22.6 Å². The Bertz CT molecular complexity index is 1320. The van der Waals surface area contributed by atoms with E-state index >= 15 is 0 Å². The molecule has 3 aromatic rings. The van der Waals surface area contributed by atoms with Crippen molar-refractivity contribution in [2.24, 2.45) is 5.41 Å². The minimum Gasteiger partial charge on any atom is -0.342 e. The molecule has 3 fully saturated rings. The summed E-state index contributed by atoms with van der Waals surface area (Å²) in [5.74, 6) is 1.18. The van der Waals surface area contributed by atoms with E-state index in [2.05, 4.69) is 45.6 Å². The summed E-state index contributed by atoms with van der Waals surface area (Å²) in [5, 5.41) is 0. The lowest BCUT2D eigenvalue weighted by molar-refractivity contribution is -0.141. The van der Waals surface area contributed by atoms with Gasteiger partial charge in [0, 0.05) is 36.6 Å². The Hall–Kier alpha value is -2.73. The summed E-state index contributed by atoms with van der Waals surface area (Å²) < 4.78 is 16.4. The Morgan fingerprint density at radius 1 is 0.974 bits per heavy atom. The molecular weight excluding hydrogens is 487 g/mol. The summed E-state index contributed by atoms with van der Waals surface area (Å²) in [6.45, 7) is 10.8. The molecule has 0 saturated carbocycles. The van der Waals surface area contributed by atoms with Gasteiger partial charge in [0.2, 0.25) is 5.91 Å². The predicted molar refractivity (Wildman–Crippen MR) is 154 cm³/mol. The largest absolute Gasteiger partial charge is 0.342 e. The quantitative estimate of drug-likeness (QED) is 0.371. The van der Waals surface area contributed by atoms with E-state index < -0.39 is 0 Å². The first-order valence-corrected chi connectivity index (χ1v) is 14.9. The van der Waals surface area contributed by atoms with Gasteiger partial charge in [-0.15, -0.1) is 0 Å². The van der Waals surface area contributed by atoms with Gasteiger partial charge in [0.25, 0.3) is 0 Å². The average Bonchev–Trinajstić information content (AvgIpc) is 3.37. The topological polar surface area (TPSA) is 41.4 Å². The predicted octanol–water partition coefficient (Wildman–Crippen LogP) is 6.65. The normalized spacial score (nSPS) is 25.4. The summed E-state index contributed by atoms with van der Waals surface area (Å²) in [5.41, 5.74) is 3.21. The lowest BCUT2D eigenvalue weighted by Crippen LogP contribution is -2.50. The van der Waals surface area contributed by atoms with Crippen LogP contribution in [0.4, 0.5) is 4.39 Å². The Morgan fingerprint density at radius 2 is 1.62 bits per heavy atom. The van der Waals surface area contributed by atoms with E-state index in [0.29, 0.717) is 18.1 Å². The van der Waals surface area contributed by atoms with Gasteiger partial charge in [-0.25, -0.2) is 9.37 Å². The number of hydrogen-bond donors (Lipinski definition) is 0. The lowest BCUT2D eigenvalue weighted by Gasteiger charge is -2.46. The highest BCUT2D eigenvalue weighted by atomic mass is 19.1. The van der Waals surface area contributed by atoms with E-state index in [1.165, 1.54) is 36.8 Å². The van der Waals surface area contributed by atoms with Crippen LogP contribution < -0.4 is 0 Å². The maximum absolute atomic E-state index is 13.9. The van der Waals surface area contributed by atoms with Gasteiger partial charge in [-0.3, -0.25) is 9.69 Å². The van der Waals surface area contributed by atoms with Crippen molar-refractivity contribution >= 4 is 16.9 Å². The van der Waals surface area contributed by atoms with Crippen LogP contribution in [0.25, 0.3) is 11.0 Å². The second-order valence-electron chi connectivity index (χ2n) is 13.3. The number of amides is 1. The molecule has 0 spiro atoms. The van der Waals surface area contributed by atoms with Crippen LogP contribution in [-0.4, -0.2) is 57.0 Å². The summed E-state index contributed by atoms with van der Waals surface area (Å²) in [7, 11) is 0. The van der Waals surface area contributed by atoms with Crippen LogP contribution in [0.1, 0.15) is 83.1 Å². The molecule has 3 saturated heterocycles. The molecule has 3 aliphatic rings. The van der Waals surface area contributed by atoms with Crippen molar-refractivity contribution in [3.63, 3.8) is 0 Å². The highest BCUT2D eigenvalue weighted by molar-refractivity contribution is 5.81. The summed E-state index contributed by atoms with van der Waals surface area (Å²) in [4.78, 5) is 22.7. The molecular formula is C33H43FN4O. The average molecular weight is 531 g/mol. The molecule has 3 atom stereocenters. The van der Waals surface area contributed by atoms with Crippen LogP contribution in [0, 0.1) is 18.2 Å². The summed E-state index contributed by atoms with van der Waals surface area (Å²) >= 11 is 0. The Labute approximate surface area is 232 Å². The van der Waals surface area contributed by atoms with Crippen molar-refractivity contribution in [1.82, 2.24) is 19.4 Å². The van der Waals surface area contributed by atoms with Crippen LogP contribution in [0.2, 0.25) is 0 Å². The van der Waals surface area contributed by atoms with Gasteiger partial charge < -0.3 is 9.47 Å². The van der Waals surface area contributed by atoms with Crippen molar-refractivity contribution in [1.29, 1.82) is 0 Å². The second-order valence-corrected chi connectivity index (χ2v) is 13.3. The Balaban J connectivity index is 1.19. The molecule has 1 unspecified atom stereocenters. The third kappa shape index (κ3) is 4.90. The number of nitrogens with zero attached hydrogens (tertiary/aromatic N) is 4. The molecule has 3 aliphatic heterocycles. The maximum atomic E-state index is 13.9. The zero-order valence-corrected chi connectivity index (χ0v) is 24.0. The van der Waals surface area contributed by atoms with Gasteiger partial charge in [-0.2, -0.15) is 0 Å². The lowest BCUT2D eigenvalue weighted by atomic mass is 9.70. The first kappa shape index (κ1) is 26.5. The highest BCUT2D eigenvalue weighted by Gasteiger charge is 2.44. The van der Waals surface area contributed by atoms with Gasteiger partial charge in [0.15, 0.2) is 0 Å². The first-order chi connectivity index (χ1) is 18.6. The molecule has 0 N–H and O–H groups in total. The number of benzene rings is 2. The molecule has 208 valence electrons. The molecule has 0 radical (unpaired) electrons. The van der Waals surface area contributed by atoms with Crippen molar-refractivity contribution in [2.45, 2.75) is 96.2 Å². The molecule has 0 aliphatic carbocycles. The molecule has 39 heavy (non-hydrogen) atoms. The number of para-hydroxylation sites is 2. The van der Waals surface area contributed by atoms with Crippen molar-refractivity contribution in [3.8, 4) is 0 Å². The van der Waals surface area contributed by atoms with Gasteiger partial charge in [-0.1, -0.05) is 45.0 Å². The molecule has 6 rings (SSSR count). The number of likely N-dealkylation sites (tertiary alicyclic amines) is 1. The molecule has 5 nitrogen and oxygen atoms in total. The standard InChI is InChI=1S/C33H43FN4O/c1-23-35-29-7-5-6-8-30(29)38(23)28-21-26-13-14-27(22-28)37(26)20-17-33(24-9-11-25(34)12-10-24)15-18-36(19-16-33)31(39)32(2,3)4/h5-12,26-28H,13-22H2,1-4H3/t26-,27+,28?. The van der Waals surface area contributed by atoms with Crippen LogP contribution in [0.15, 0.2) is 48.5 Å². The fourth-order valence-electron chi connectivity index (χ4n) is 7.89. The van der Waals surface area contributed by atoms with Gasteiger partial charge in [0.1, 0.15) is 11.6 Å². The highest BCUT2D eigenvalue weighted by Crippen LogP contribution is 2.45. The van der Waals surface area contributed by atoms with E-state index in [1.54, 1.807) is 12.1 Å². The van der Waals surface area contributed by atoms with Crippen LogP contribution in [-0.2, 0) is 10.2 Å². The van der Waals surface area contributed by atoms with E-state index in [0.717, 1.165) is 50.2 Å². The number of carbonyl (C=O) groups excluding carboxylic acids is 1. The minimum atomic E-state index is -0.363. The second kappa shape index (κ2) is 10.0. The first-order valence-electron chi connectivity index (χ1n) is 14.9. The number of carbonyl (C=O) groups is 1. The third-order valence-electron chi connectivity index (χ3n) is 9.95. The van der Waals surface area contributed by atoms with Crippen molar-refractivity contribution in [3.05, 3.63) is 65.7 Å². The third-order valence-corrected chi connectivity index (χ3v) is 9.95. The van der Waals surface area contributed by atoms with Gasteiger partial charge in [0.05, 0.1) is 11.0 Å². The number of fused-ring (bicyclic) bond motifs is 3. The molecule has 4 heterocycles. The molecule has 1 amide bonds. The smallest absolute Gasteiger partial charge is 0.227 e. The van der Waals surface area contributed by atoms with Crippen molar-refractivity contribution < 1.29 is 9.18 Å². The number of aromatic nitrogens is 2. The fraction of sp³-hybridized carbons (Fsp3) is 0.576. The summed E-state index contributed by atoms with van der Waals surface area (Å²) in [6, 6.07) is 17.4. The van der Waals surface area contributed by atoms with E-state index in [9.17, 15) is 9.18 Å². The SMILES string of the molecule is Cc1nc2ccccc2n1C1C[C@H]2CC[C@@H](C1)N2CCC1(c2ccc(F)cc2)CCN(C(=O)C(C)(C)C)CC1. The number of rotatable bonds is 5. The molecule has 2 aromatic carbocycles. The van der Waals surface area contributed by atoms with Crippen LogP contribution >= 0.6 is 0 Å². The summed E-state index contributed by atoms with van der Waals surface area (Å²) in [6.07, 6.45) is 7.82. The maximum Gasteiger partial charge on any atom is 0.227 e. The molecule has 6 heteroatoms. The molecule has 1 aromatic heterocycles. The number of imidazole rings is 1. The van der Waals surface area contributed by atoms with Gasteiger partial charge >= 0.3 is 0 Å². The number of aryl methyl sites for hydroxylation is 1. The molecule has 2 bridgehead atoms. The Morgan fingerprint density at radius 3 is 2.26 bits per heavy atom. The fourth-order valence-corrected chi connectivity index (χ4v) is 7.89. The van der Waals surface area contributed by atoms with E-state index in [1.807, 2.05) is 32.9 Å². The van der Waals surface area contributed by atoms with E-state index in [4.69, 9.17) is 4.98 Å². The van der Waals surface area contributed by atoms with Gasteiger partial charge in [-0.05, 0) is 93.7 Å². The number of halogens is 1. The zero-order valence-electron chi connectivity index (χ0n) is 24.0. The van der Waals surface area contributed by atoms with Crippen LogP contribution in [0.5, 0.6) is 0 Å². The monoisotopic (exact) mass is 530 g/mol. The van der Waals surface area contributed by atoms with Crippen molar-refractivity contribution in [2.75, 3.05) is 19.6 Å². The Kier molecular flexibility index (Phi) is 6.81. The zero-order chi connectivity index (χ0) is 27.4. The number of hydrogen-bond acceptors (Lipinski definition) is 3. The number of piperidine rings is 2.